The van der Waals surface area contributed by atoms with Crippen molar-refractivity contribution in [3.8, 4) is 6.07 Å². The van der Waals surface area contributed by atoms with Crippen molar-refractivity contribution in [1.29, 1.82) is 5.26 Å². The number of esters is 1. The molecule has 1 N–H and O–H groups in total. The lowest BCUT2D eigenvalue weighted by Crippen LogP contribution is -2.29. The summed E-state index contributed by atoms with van der Waals surface area (Å²) in [5, 5.41) is 13.6. The lowest BCUT2D eigenvalue weighted by molar-refractivity contribution is -0.147. The Morgan fingerprint density at radius 1 is 1.21 bits per heavy atom. The highest BCUT2D eigenvalue weighted by Crippen LogP contribution is 2.21. The number of carbonyl (C=O) groups is 2. The van der Waals surface area contributed by atoms with Crippen LogP contribution in [-0.4, -0.2) is 27.6 Å². The highest BCUT2D eigenvalue weighted by molar-refractivity contribution is 7.14. The van der Waals surface area contributed by atoms with Gasteiger partial charge in [0.2, 0.25) is 0 Å². The SMILES string of the molecule is CCCn1c(=O)n(CC(=O)OCC(=O)Nc2sccc2C#N)c2ccccc21. The Hall–Kier alpha value is -3.38. The number of hydrogen-bond acceptors (Lipinski definition) is 6. The summed E-state index contributed by atoms with van der Waals surface area (Å²) in [4.78, 5) is 36.8. The molecule has 0 atom stereocenters. The van der Waals surface area contributed by atoms with Crippen molar-refractivity contribution in [1.82, 2.24) is 9.13 Å². The lowest BCUT2D eigenvalue weighted by Gasteiger charge is -2.06. The van der Waals surface area contributed by atoms with Crippen LogP contribution in [0.1, 0.15) is 18.9 Å². The molecule has 8 nitrogen and oxygen atoms in total. The Labute approximate surface area is 164 Å². The van der Waals surface area contributed by atoms with Crippen molar-refractivity contribution in [2.75, 3.05) is 11.9 Å². The number of hydrogen-bond donors (Lipinski definition) is 1. The molecule has 9 heteroatoms. The maximum Gasteiger partial charge on any atom is 0.329 e. The molecule has 0 unspecified atom stereocenters. The Morgan fingerprint density at radius 2 is 1.93 bits per heavy atom. The summed E-state index contributed by atoms with van der Waals surface area (Å²) in [6.45, 7) is 1.73. The first-order chi connectivity index (χ1) is 13.5. The standard InChI is InChI=1S/C19H18N4O4S/c1-2-8-22-14-5-3-4-6-15(14)23(19(22)26)11-17(25)27-12-16(24)21-18-13(10-20)7-9-28-18/h3-7,9H,2,8,11-12H2,1H3,(H,21,24). The molecule has 0 aliphatic heterocycles. The van der Waals surface area contributed by atoms with E-state index in [9.17, 15) is 14.4 Å². The molecule has 0 fully saturated rings. The van der Waals surface area contributed by atoms with E-state index < -0.39 is 18.5 Å². The van der Waals surface area contributed by atoms with Gasteiger partial charge >= 0.3 is 11.7 Å². The first-order valence-corrected chi connectivity index (χ1v) is 9.54. The number of nitrogens with one attached hydrogen (secondary N) is 1. The Morgan fingerprint density at radius 3 is 2.61 bits per heavy atom. The average molecular weight is 398 g/mol. The molecule has 28 heavy (non-hydrogen) atoms. The van der Waals surface area contributed by atoms with Crippen LogP contribution in [0, 0.1) is 11.3 Å². The number of aromatic nitrogens is 2. The average Bonchev–Trinajstić information content (AvgIpc) is 3.24. The molecule has 144 valence electrons. The van der Waals surface area contributed by atoms with Crippen molar-refractivity contribution >= 4 is 39.2 Å². The summed E-state index contributed by atoms with van der Waals surface area (Å²) in [6, 6.07) is 10.8. The summed E-state index contributed by atoms with van der Waals surface area (Å²) < 4.78 is 7.97. The van der Waals surface area contributed by atoms with Crippen LogP contribution >= 0.6 is 11.3 Å². The molecule has 3 rings (SSSR count). The number of thiophene rings is 1. The summed E-state index contributed by atoms with van der Waals surface area (Å²) in [6.07, 6.45) is 0.784. The lowest BCUT2D eigenvalue weighted by atomic mass is 10.3. The molecule has 0 saturated carbocycles. The van der Waals surface area contributed by atoms with Gasteiger partial charge in [0.05, 0.1) is 16.6 Å². The second-order valence-corrected chi connectivity index (χ2v) is 6.91. The van der Waals surface area contributed by atoms with Crippen LogP contribution in [-0.2, 0) is 27.4 Å². The highest BCUT2D eigenvalue weighted by atomic mass is 32.1. The predicted octanol–water partition coefficient (Wildman–Crippen LogP) is 2.33. The minimum Gasteiger partial charge on any atom is -0.454 e. The van der Waals surface area contributed by atoms with E-state index in [0.717, 1.165) is 11.9 Å². The van der Waals surface area contributed by atoms with Gasteiger partial charge in [0.1, 0.15) is 17.6 Å². The summed E-state index contributed by atoms with van der Waals surface area (Å²) >= 11 is 1.21. The van der Waals surface area contributed by atoms with Gasteiger partial charge in [0.25, 0.3) is 5.91 Å². The van der Waals surface area contributed by atoms with Crippen molar-refractivity contribution in [2.24, 2.45) is 0 Å². The zero-order valence-corrected chi connectivity index (χ0v) is 16.0. The molecule has 0 aliphatic carbocycles. The Bertz CT molecular complexity index is 1120. The van der Waals surface area contributed by atoms with Crippen molar-refractivity contribution in [2.45, 2.75) is 26.4 Å². The highest BCUT2D eigenvalue weighted by Gasteiger charge is 2.17. The second-order valence-electron chi connectivity index (χ2n) is 5.99. The molecule has 0 saturated heterocycles. The number of amides is 1. The molecule has 3 aromatic rings. The first kappa shape index (κ1) is 19.4. The number of anilines is 1. The fourth-order valence-electron chi connectivity index (χ4n) is 2.84. The van der Waals surface area contributed by atoms with Crippen LogP contribution < -0.4 is 11.0 Å². The topological polar surface area (TPSA) is 106 Å². The smallest absolute Gasteiger partial charge is 0.329 e. The van der Waals surface area contributed by atoms with E-state index in [1.54, 1.807) is 28.1 Å². The van der Waals surface area contributed by atoms with Crippen LogP contribution in [0.4, 0.5) is 5.00 Å². The minimum absolute atomic E-state index is 0.286. The third-order valence-corrected chi connectivity index (χ3v) is 4.89. The van der Waals surface area contributed by atoms with Gasteiger partial charge in [0.15, 0.2) is 6.61 Å². The number of nitriles is 1. The zero-order valence-electron chi connectivity index (χ0n) is 15.2. The molecular formula is C19H18N4O4S. The van der Waals surface area contributed by atoms with Crippen LogP contribution in [0.3, 0.4) is 0 Å². The molecule has 0 bridgehead atoms. The quantitative estimate of drug-likeness (QED) is 0.615. The van der Waals surface area contributed by atoms with Gasteiger partial charge in [-0.15, -0.1) is 11.3 Å². The van der Waals surface area contributed by atoms with Crippen LogP contribution in [0.15, 0.2) is 40.5 Å². The van der Waals surface area contributed by atoms with Gasteiger partial charge in [0, 0.05) is 6.54 Å². The predicted molar refractivity (Wildman–Crippen MR) is 105 cm³/mol. The third-order valence-electron chi connectivity index (χ3n) is 4.06. The van der Waals surface area contributed by atoms with E-state index in [1.165, 1.54) is 15.9 Å². The second kappa shape index (κ2) is 8.54. The number of nitrogens with zero attached hydrogens (tertiary/aromatic N) is 3. The van der Waals surface area contributed by atoms with Gasteiger partial charge in [-0.1, -0.05) is 19.1 Å². The van der Waals surface area contributed by atoms with E-state index in [0.29, 0.717) is 22.6 Å². The molecule has 0 spiro atoms. The molecule has 0 aliphatic rings. The number of rotatable bonds is 7. The van der Waals surface area contributed by atoms with E-state index in [1.807, 2.05) is 25.1 Å². The van der Waals surface area contributed by atoms with Gasteiger partial charge in [-0.2, -0.15) is 5.26 Å². The summed E-state index contributed by atoms with van der Waals surface area (Å²) in [5.74, 6) is -1.24. The maximum atomic E-state index is 12.6. The molecule has 2 heterocycles. The molecule has 1 aromatic carbocycles. The number of fused-ring (bicyclic) bond motifs is 1. The van der Waals surface area contributed by atoms with Crippen LogP contribution in [0.5, 0.6) is 0 Å². The van der Waals surface area contributed by atoms with Crippen LogP contribution in [0.2, 0.25) is 0 Å². The van der Waals surface area contributed by atoms with E-state index >= 15 is 0 Å². The van der Waals surface area contributed by atoms with Crippen molar-refractivity contribution in [3.63, 3.8) is 0 Å². The Kier molecular flexibility index (Phi) is 5.91. The summed E-state index contributed by atoms with van der Waals surface area (Å²) in [7, 11) is 0. The monoisotopic (exact) mass is 398 g/mol. The van der Waals surface area contributed by atoms with E-state index in [2.05, 4.69) is 5.32 Å². The van der Waals surface area contributed by atoms with Gasteiger partial charge in [-0.25, -0.2) is 4.79 Å². The van der Waals surface area contributed by atoms with E-state index in [4.69, 9.17) is 10.00 Å². The Balaban J connectivity index is 1.67. The number of imidazole rings is 1. The number of aryl methyl sites for hydroxylation is 1. The third kappa shape index (κ3) is 3.97. The maximum absolute atomic E-state index is 12.6. The minimum atomic E-state index is -0.691. The van der Waals surface area contributed by atoms with Gasteiger partial charge in [-0.3, -0.25) is 18.7 Å². The molecular weight excluding hydrogens is 380 g/mol. The first-order valence-electron chi connectivity index (χ1n) is 8.66. The van der Waals surface area contributed by atoms with E-state index in [-0.39, 0.29) is 12.2 Å². The normalized spacial score (nSPS) is 10.6. The number of para-hydroxylation sites is 2. The number of carbonyl (C=O) groups excluding carboxylic acids is 2. The largest absolute Gasteiger partial charge is 0.454 e. The van der Waals surface area contributed by atoms with Crippen LogP contribution in [0.25, 0.3) is 11.0 Å². The number of benzene rings is 1. The van der Waals surface area contributed by atoms with Gasteiger partial charge in [-0.05, 0) is 30.0 Å². The fraction of sp³-hybridized carbons (Fsp3) is 0.263. The zero-order chi connectivity index (χ0) is 20.1. The number of ether oxygens (including phenoxy) is 1. The fourth-order valence-corrected chi connectivity index (χ4v) is 3.60. The molecule has 2 aromatic heterocycles. The molecule has 0 radical (unpaired) electrons. The van der Waals surface area contributed by atoms with Crippen molar-refractivity contribution in [3.05, 3.63) is 51.8 Å². The van der Waals surface area contributed by atoms with Crippen molar-refractivity contribution < 1.29 is 14.3 Å². The molecule has 1 amide bonds. The van der Waals surface area contributed by atoms with Gasteiger partial charge < -0.3 is 10.1 Å². The summed E-state index contributed by atoms with van der Waals surface area (Å²) in [5.41, 5.74) is 1.45.